The van der Waals surface area contributed by atoms with Crippen LogP contribution in [0.15, 0.2) is 12.2 Å². The lowest BCUT2D eigenvalue weighted by Gasteiger charge is -2.36. The highest BCUT2D eigenvalue weighted by atomic mass is 16.4. The molecule has 1 heterocycles. The number of hydrogen-bond donors (Lipinski definition) is 2. The van der Waals surface area contributed by atoms with Crippen molar-refractivity contribution < 1.29 is 14.7 Å². The van der Waals surface area contributed by atoms with E-state index >= 15 is 0 Å². The Morgan fingerprint density at radius 2 is 1.90 bits per heavy atom. The number of carbonyl (C=O) groups excluding carboxylic acids is 1. The van der Waals surface area contributed by atoms with E-state index in [0.29, 0.717) is 5.92 Å². The number of nitrogens with one attached hydrogen (secondary N) is 1. The average molecular weight is 292 g/mol. The second-order valence-electron chi connectivity index (χ2n) is 6.98. The fraction of sp³-hybridized carbons (Fsp3) is 0.750. The molecule has 0 spiro atoms. The molecule has 0 aromatic carbocycles. The molecule has 1 saturated heterocycles. The van der Waals surface area contributed by atoms with Crippen molar-refractivity contribution in [3.8, 4) is 0 Å². The molecule has 3 aliphatic rings. The van der Waals surface area contributed by atoms with Gasteiger partial charge < -0.3 is 15.3 Å². The highest BCUT2D eigenvalue weighted by molar-refractivity contribution is 5.87. The fourth-order valence-electron chi connectivity index (χ4n) is 4.36. The van der Waals surface area contributed by atoms with Crippen LogP contribution in [0.5, 0.6) is 0 Å². The van der Waals surface area contributed by atoms with E-state index < -0.39 is 11.9 Å². The van der Waals surface area contributed by atoms with Crippen LogP contribution >= 0.6 is 0 Å². The molecule has 0 aromatic heterocycles. The molecule has 5 heteroatoms. The summed E-state index contributed by atoms with van der Waals surface area (Å²) in [6, 6.07) is 0.172. The van der Waals surface area contributed by atoms with Crippen molar-refractivity contribution in [2.75, 3.05) is 20.1 Å². The molecule has 0 aromatic rings. The van der Waals surface area contributed by atoms with E-state index in [0.717, 1.165) is 25.9 Å². The van der Waals surface area contributed by atoms with E-state index in [1.807, 2.05) is 12.2 Å². The van der Waals surface area contributed by atoms with Crippen LogP contribution in [0, 0.1) is 29.6 Å². The van der Waals surface area contributed by atoms with Gasteiger partial charge in [0.15, 0.2) is 0 Å². The molecular formula is C16H24N2O3. The van der Waals surface area contributed by atoms with Gasteiger partial charge in [0.25, 0.3) is 0 Å². The van der Waals surface area contributed by atoms with Crippen molar-refractivity contribution >= 4 is 11.9 Å². The molecule has 116 valence electrons. The maximum Gasteiger partial charge on any atom is 0.307 e. The highest BCUT2D eigenvalue weighted by Gasteiger charge is 2.52. The molecule has 6 atom stereocenters. The maximum atomic E-state index is 12.6. The predicted molar refractivity (Wildman–Crippen MR) is 78.6 cm³/mol. The van der Waals surface area contributed by atoms with Gasteiger partial charge in [0.2, 0.25) is 5.91 Å². The van der Waals surface area contributed by atoms with Gasteiger partial charge in [-0.15, -0.1) is 0 Å². The lowest BCUT2D eigenvalue weighted by Crippen LogP contribution is -2.51. The number of amides is 1. The Morgan fingerprint density at radius 3 is 2.52 bits per heavy atom. The second kappa shape index (κ2) is 5.44. The Hall–Kier alpha value is -1.36. The van der Waals surface area contributed by atoms with Gasteiger partial charge in [-0.3, -0.25) is 9.59 Å². The summed E-state index contributed by atoms with van der Waals surface area (Å²) in [5.41, 5.74) is 0. The van der Waals surface area contributed by atoms with Gasteiger partial charge in [-0.2, -0.15) is 0 Å². The number of carbonyl (C=O) groups is 2. The Balaban J connectivity index is 1.68. The lowest BCUT2D eigenvalue weighted by atomic mass is 9.82. The van der Waals surface area contributed by atoms with Crippen LogP contribution in [0.1, 0.15) is 19.8 Å². The quantitative estimate of drug-likeness (QED) is 0.760. The monoisotopic (exact) mass is 292 g/mol. The highest BCUT2D eigenvalue weighted by Crippen LogP contribution is 2.48. The van der Waals surface area contributed by atoms with Crippen LogP contribution in [-0.2, 0) is 9.59 Å². The number of aliphatic carboxylic acids is 1. The SMILES string of the molecule is CC1CN(C)CCC1NC(=O)[C@H]1C2C=CC(C2)[C@H]1C(=O)O. The Kier molecular flexibility index (Phi) is 3.78. The van der Waals surface area contributed by atoms with E-state index in [2.05, 4.69) is 24.2 Å². The molecule has 1 saturated carbocycles. The molecular weight excluding hydrogens is 268 g/mol. The molecule has 1 amide bonds. The summed E-state index contributed by atoms with van der Waals surface area (Å²) in [6.07, 6.45) is 5.77. The first-order valence-electron chi connectivity index (χ1n) is 7.87. The number of fused-ring (bicyclic) bond motifs is 2. The summed E-state index contributed by atoms with van der Waals surface area (Å²) in [5, 5.41) is 12.6. The van der Waals surface area contributed by atoms with Gasteiger partial charge in [-0.25, -0.2) is 0 Å². The van der Waals surface area contributed by atoms with Crippen LogP contribution in [0.2, 0.25) is 0 Å². The Morgan fingerprint density at radius 1 is 1.24 bits per heavy atom. The molecule has 2 aliphatic carbocycles. The minimum Gasteiger partial charge on any atom is -0.481 e. The first kappa shape index (κ1) is 14.6. The van der Waals surface area contributed by atoms with Crippen LogP contribution in [-0.4, -0.2) is 48.1 Å². The minimum atomic E-state index is -0.830. The Labute approximate surface area is 125 Å². The molecule has 5 nitrogen and oxygen atoms in total. The third-order valence-electron chi connectivity index (χ3n) is 5.48. The zero-order valence-corrected chi connectivity index (χ0v) is 12.7. The van der Waals surface area contributed by atoms with Crippen molar-refractivity contribution in [2.45, 2.75) is 25.8 Å². The molecule has 21 heavy (non-hydrogen) atoms. The third-order valence-corrected chi connectivity index (χ3v) is 5.48. The molecule has 2 N–H and O–H groups in total. The van der Waals surface area contributed by atoms with Crippen molar-refractivity contribution in [1.82, 2.24) is 10.2 Å². The van der Waals surface area contributed by atoms with Crippen LogP contribution < -0.4 is 5.32 Å². The molecule has 3 rings (SSSR count). The number of carboxylic acid groups (broad SMARTS) is 1. The summed E-state index contributed by atoms with van der Waals surface area (Å²) in [6.45, 7) is 4.11. The molecule has 4 unspecified atom stereocenters. The summed E-state index contributed by atoms with van der Waals surface area (Å²) >= 11 is 0. The van der Waals surface area contributed by atoms with Gasteiger partial charge >= 0.3 is 5.97 Å². The standard InChI is InChI=1S/C16H24N2O3/c1-9-8-18(2)6-5-12(9)17-15(19)13-10-3-4-11(7-10)14(13)16(20)21/h3-4,9-14H,5-8H2,1-2H3,(H,17,19)(H,20,21)/t9?,10?,11?,12?,13-,14+/m0/s1. The van der Waals surface area contributed by atoms with Crippen molar-refractivity contribution in [1.29, 1.82) is 0 Å². The maximum absolute atomic E-state index is 12.6. The van der Waals surface area contributed by atoms with Crippen LogP contribution in [0.3, 0.4) is 0 Å². The second-order valence-corrected chi connectivity index (χ2v) is 6.98. The molecule has 0 radical (unpaired) electrons. The first-order chi connectivity index (χ1) is 9.97. The van der Waals surface area contributed by atoms with E-state index in [1.54, 1.807) is 0 Å². The summed E-state index contributed by atoms with van der Waals surface area (Å²) < 4.78 is 0. The molecule has 1 aliphatic heterocycles. The van der Waals surface area contributed by atoms with Gasteiger partial charge in [-0.1, -0.05) is 19.1 Å². The van der Waals surface area contributed by atoms with E-state index in [-0.39, 0.29) is 29.7 Å². The zero-order valence-electron chi connectivity index (χ0n) is 12.7. The number of likely N-dealkylation sites (tertiary alicyclic amines) is 1. The minimum absolute atomic E-state index is 0.0400. The molecule has 2 fully saturated rings. The Bertz CT molecular complexity index is 476. The van der Waals surface area contributed by atoms with Gasteiger partial charge in [0.05, 0.1) is 11.8 Å². The fourth-order valence-corrected chi connectivity index (χ4v) is 4.36. The number of nitrogens with zero attached hydrogens (tertiary/aromatic N) is 1. The van der Waals surface area contributed by atoms with Gasteiger partial charge in [-0.05, 0) is 44.2 Å². The third kappa shape index (κ3) is 2.59. The first-order valence-corrected chi connectivity index (χ1v) is 7.87. The van der Waals surface area contributed by atoms with Crippen LogP contribution in [0.25, 0.3) is 0 Å². The largest absolute Gasteiger partial charge is 0.481 e. The van der Waals surface area contributed by atoms with Crippen molar-refractivity contribution in [3.63, 3.8) is 0 Å². The topological polar surface area (TPSA) is 69.6 Å². The zero-order chi connectivity index (χ0) is 15.1. The van der Waals surface area contributed by atoms with E-state index in [4.69, 9.17) is 0 Å². The average Bonchev–Trinajstić information content (AvgIpc) is 3.02. The van der Waals surface area contributed by atoms with E-state index in [9.17, 15) is 14.7 Å². The van der Waals surface area contributed by atoms with Crippen molar-refractivity contribution in [2.24, 2.45) is 29.6 Å². The van der Waals surface area contributed by atoms with Crippen molar-refractivity contribution in [3.05, 3.63) is 12.2 Å². The number of allylic oxidation sites excluding steroid dienone is 2. The summed E-state index contributed by atoms with van der Waals surface area (Å²) in [7, 11) is 2.09. The summed E-state index contributed by atoms with van der Waals surface area (Å²) in [4.78, 5) is 26.4. The predicted octanol–water partition coefficient (Wildman–Crippen LogP) is 0.966. The normalized spacial score (nSPS) is 42.2. The number of carboxylic acids is 1. The van der Waals surface area contributed by atoms with Crippen LogP contribution in [0.4, 0.5) is 0 Å². The molecule has 2 bridgehead atoms. The summed E-state index contributed by atoms with van der Waals surface area (Å²) in [5.74, 6) is -1.25. The smallest absolute Gasteiger partial charge is 0.307 e. The number of hydrogen-bond acceptors (Lipinski definition) is 3. The number of rotatable bonds is 3. The lowest BCUT2D eigenvalue weighted by molar-refractivity contribution is -0.148. The number of piperidine rings is 1. The van der Waals surface area contributed by atoms with E-state index in [1.165, 1.54) is 0 Å². The van der Waals surface area contributed by atoms with Gasteiger partial charge in [0, 0.05) is 12.6 Å². The van der Waals surface area contributed by atoms with Gasteiger partial charge in [0.1, 0.15) is 0 Å².